The molecular formula is C48H60N4O7. The van der Waals surface area contributed by atoms with Gasteiger partial charge in [0.15, 0.2) is 0 Å². The fraction of sp³-hybridized carbons (Fsp3) is 0.396. The maximum Gasteiger partial charge on any atom is 0.330 e. The van der Waals surface area contributed by atoms with Crippen molar-refractivity contribution in [3.8, 4) is 0 Å². The molecule has 0 saturated heterocycles. The van der Waals surface area contributed by atoms with E-state index in [0.29, 0.717) is 6.42 Å². The minimum Gasteiger partial charge on any atom is -0.479 e. The number of amides is 4. The van der Waals surface area contributed by atoms with Crippen molar-refractivity contribution in [1.29, 1.82) is 0 Å². The molecule has 0 aliphatic rings. The van der Waals surface area contributed by atoms with Crippen LogP contribution in [0.5, 0.6) is 0 Å². The molecule has 0 bridgehead atoms. The molecule has 0 fully saturated rings. The second kappa shape index (κ2) is 21.8. The van der Waals surface area contributed by atoms with Crippen molar-refractivity contribution in [2.45, 2.75) is 103 Å². The van der Waals surface area contributed by atoms with Gasteiger partial charge in [-0.2, -0.15) is 0 Å². The molecule has 0 aromatic heterocycles. The van der Waals surface area contributed by atoms with E-state index in [4.69, 9.17) is 0 Å². The monoisotopic (exact) mass is 804 g/mol. The normalized spacial score (nSPS) is 14.9. The van der Waals surface area contributed by atoms with E-state index in [1.165, 1.54) is 0 Å². The molecule has 0 saturated carbocycles. The summed E-state index contributed by atoms with van der Waals surface area (Å²) in [5.74, 6) is -5.31. The summed E-state index contributed by atoms with van der Waals surface area (Å²) < 4.78 is 0. The van der Waals surface area contributed by atoms with Crippen molar-refractivity contribution >= 4 is 29.6 Å². The summed E-state index contributed by atoms with van der Waals surface area (Å²) in [7, 11) is 0. The van der Waals surface area contributed by atoms with Gasteiger partial charge in [0.25, 0.3) is 0 Å². The number of benzene rings is 4. The molecule has 11 heteroatoms. The first kappa shape index (κ1) is 45.9. The Morgan fingerprint density at radius 2 is 1.10 bits per heavy atom. The van der Waals surface area contributed by atoms with Gasteiger partial charge in [-0.25, -0.2) is 4.79 Å². The number of carbonyl (C=O) groups excluding carboxylic acids is 4. The van der Waals surface area contributed by atoms with Crippen LogP contribution in [-0.4, -0.2) is 69.6 Å². The molecule has 314 valence electrons. The van der Waals surface area contributed by atoms with Gasteiger partial charge in [0.05, 0.1) is 24.5 Å². The van der Waals surface area contributed by atoms with Crippen LogP contribution in [0.3, 0.4) is 0 Å². The van der Waals surface area contributed by atoms with Gasteiger partial charge in [-0.15, -0.1) is 0 Å². The zero-order chi connectivity index (χ0) is 43.1. The smallest absolute Gasteiger partial charge is 0.330 e. The molecule has 0 aliphatic heterocycles. The van der Waals surface area contributed by atoms with E-state index in [2.05, 4.69) is 21.3 Å². The molecule has 4 aromatic carbocycles. The molecule has 4 aromatic rings. The minimum absolute atomic E-state index is 0.0321. The number of nitrogens with one attached hydrogen (secondary N) is 4. The van der Waals surface area contributed by atoms with Gasteiger partial charge >= 0.3 is 5.97 Å². The van der Waals surface area contributed by atoms with Gasteiger partial charge in [0.2, 0.25) is 23.6 Å². The maximum atomic E-state index is 14.1. The number of aliphatic hydroxyl groups excluding tert-OH is 1. The van der Waals surface area contributed by atoms with Gasteiger partial charge < -0.3 is 31.5 Å². The Kier molecular flexibility index (Phi) is 17.0. The van der Waals surface area contributed by atoms with Gasteiger partial charge in [-0.3, -0.25) is 19.2 Å². The van der Waals surface area contributed by atoms with Crippen LogP contribution in [-0.2, 0) is 36.8 Å². The zero-order valence-electron chi connectivity index (χ0n) is 34.9. The zero-order valence-corrected chi connectivity index (χ0v) is 34.9. The number of aliphatic hydroxyl groups is 1. The summed E-state index contributed by atoms with van der Waals surface area (Å²) in [5, 5.41) is 33.6. The fourth-order valence-corrected chi connectivity index (χ4v) is 7.23. The van der Waals surface area contributed by atoms with Crippen LogP contribution >= 0.6 is 0 Å². The lowest BCUT2D eigenvalue weighted by atomic mass is 9.80. The van der Waals surface area contributed by atoms with Crippen LogP contribution in [0, 0.1) is 17.8 Å². The predicted octanol–water partition coefficient (Wildman–Crippen LogP) is 5.81. The van der Waals surface area contributed by atoms with E-state index in [0.717, 1.165) is 22.3 Å². The highest BCUT2D eigenvalue weighted by Gasteiger charge is 2.45. The van der Waals surface area contributed by atoms with Crippen molar-refractivity contribution in [3.05, 3.63) is 144 Å². The van der Waals surface area contributed by atoms with Gasteiger partial charge in [-0.05, 0) is 46.4 Å². The second-order valence-electron chi connectivity index (χ2n) is 16.1. The van der Waals surface area contributed by atoms with Crippen LogP contribution in [0.2, 0.25) is 0 Å². The molecule has 0 spiro atoms. The highest BCUT2D eigenvalue weighted by molar-refractivity contribution is 5.94. The molecule has 6 atom stereocenters. The van der Waals surface area contributed by atoms with Crippen LogP contribution in [0.1, 0.15) is 82.6 Å². The Morgan fingerprint density at radius 3 is 1.56 bits per heavy atom. The average Bonchev–Trinajstić information content (AvgIpc) is 3.22. The van der Waals surface area contributed by atoms with E-state index in [1.54, 1.807) is 45.0 Å². The Labute approximate surface area is 348 Å². The van der Waals surface area contributed by atoms with E-state index in [9.17, 15) is 34.2 Å². The summed E-state index contributed by atoms with van der Waals surface area (Å²) >= 11 is 0. The lowest BCUT2D eigenvalue weighted by Gasteiger charge is -2.37. The van der Waals surface area contributed by atoms with E-state index < -0.39 is 77.6 Å². The molecular weight excluding hydrogens is 745 g/mol. The number of aliphatic carboxylic acids is 1. The van der Waals surface area contributed by atoms with Crippen molar-refractivity contribution in [2.24, 2.45) is 17.8 Å². The van der Waals surface area contributed by atoms with Crippen LogP contribution in [0.4, 0.5) is 0 Å². The number of hydrogen-bond donors (Lipinski definition) is 6. The third kappa shape index (κ3) is 12.6. The Bertz CT molecular complexity index is 1920. The SMILES string of the molecule is CC[C@H](C)[C@H](NC(=O)C[C@H](O)[C@H](Cc1ccccc1)NC(=O)C(NC(=O)C(c1ccccc1)c1ccccc1)C(C)C)C(=O)NC(Cc1ccccc1)(C(=O)O)C(C)C. The van der Waals surface area contributed by atoms with Crippen molar-refractivity contribution < 1.29 is 34.2 Å². The fourth-order valence-electron chi connectivity index (χ4n) is 7.23. The highest BCUT2D eigenvalue weighted by atomic mass is 16.4. The third-order valence-electron chi connectivity index (χ3n) is 11.1. The van der Waals surface area contributed by atoms with Crippen LogP contribution < -0.4 is 21.3 Å². The molecule has 4 amide bonds. The number of carbonyl (C=O) groups is 5. The van der Waals surface area contributed by atoms with Crippen molar-refractivity contribution in [1.82, 2.24) is 21.3 Å². The molecule has 0 heterocycles. The lowest BCUT2D eigenvalue weighted by molar-refractivity contribution is -0.150. The van der Waals surface area contributed by atoms with Crippen LogP contribution in [0.15, 0.2) is 121 Å². The molecule has 59 heavy (non-hydrogen) atoms. The Balaban J connectivity index is 1.54. The summed E-state index contributed by atoms with van der Waals surface area (Å²) in [6.45, 7) is 10.7. The average molecular weight is 805 g/mol. The molecule has 4 rings (SSSR count). The standard InChI is InChI=1S/C48H60N4O7/c1-7-33(6)43(46(57)52-48(32(4)5,47(58)59)30-35-22-14-9-15-23-35)50-40(54)29-39(53)38(28-34-20-12-8-13-21-34)49-45(56)42(31(2)3)51-44(55)41(36-24-16-10-17-25-36)37-26-18-11-19-27-37/h8-27,31-33,38-39,41-43,53H,7,28-30H2,1-6H3,(H,49,56)(H,50,54)(H,51,55)(H,52,57)(H,58,59)/t33-,38-,39-,42?,43-,48?/m0/s1. The molecule has 0 radical (unpaired) electrons. The second-order valence-corrected chi connectivity index (χ2v) is 16.1. The summed E-state index contributed by atoms with van der Waals surface area (Å²) in [6.07, 6.45) is -1.19. The molecule has 0 aliphatic carbocycles. The van der Waals surface area contributed by atoms with Crippen molar-refractivity contribution in [2.75, 3.05) is 0 Å². The van der Waals surface area contributed by atoms with Gasteiger partial charge in [-0.1, -0.05) is 169 Å². The van der Waals surface area contributed by atoms with Gasteiger partial charge in [0, 0.05) is 6.42 Å². The Morgan fingerprint density at radius 1 is 0.610 bits per heavy atom. The maximum absolute atomic E-state index is 14.1. The molecule has 2 unspecified atom stereocenters. The quantitative estimate of drug-likeness (QED) is 0.0617. The summed E-state index contributed by atoms with van der Waals surface area (Å²) in [4.78, 5) is 68.8. The van der Waals surface area contributed by atoms with Crippen LogP contribution in [0.25, 0.3) is 0 Å². The lowest BCUT2D eigenvalue weighted by Crippen LogP contribution is -2.64. The highest BCUT2D eigenvalue weighted by Crippen LogP contribution is 2.27. The largest absolute Gasteiger partial charge is 0.479 e. The number of carboxylic acid groups (broad SMARTS) is 1. The van der Waals surface area contributed by atoms with Gasteiger partial charge in [0.1, 0.15) is 17.6 Å². The van der Waals surface area contributed by atoms with E-state index >= 15 is 0 Å². The van der Waals surface area contributed by atoms with E-state index in [1.807, 2.05) is 118 Å². The first-order valence-corrected chi connectivity index (χ1v) is 20.5. The first-order chi connectivity index (χ1) is 28.2. The summed E-state index contributed by atoms with van der Waals surface area (Å²) in [6, 6.07) is 33.8. The topological polar surface area (TPSA) is 174 Å². The summed E-state index contributed by atoms with van der Waals surface area (Å²) in [5.41, 5.74) is 1.39. The predicted molar refractivity (Wildman–Crippen MR) is 229 cm³/mol. The number of carboxylic acids is 1. The molecule has 6 N–H and O–H groups in total. The first-order valence-electron chi connectivity index (χ1n) is 20.5. The minimum atomic E-state index is -1.66. The van der Waals surface area contributed by atoms with E-state index in [-0.39, 0.29) is 24.7 Å². The number of hydrogen-bond acceptors (Lipinski definition) is 6. The Hall–Kier alpha value is -5.81. The third-order valence-corrected chi connectivity index (χ3v) is 11.1. The molecule has 11 nitrogen and oxygen atoms in total. The number of rotatable bonds is 21. The van der Waals surface area contributed by atoms with Crippen molar-refractivity contribution in [3.63, 3.8) is 0 Å².